The number of nitrogens with zero attached hydrogens (tertiary/aromatic N) is 5. The lowest BCUT2D eigenvalue weighted by atomic mass is 9.85. The van der Waals surface area contributed by atoms with Crippen LogP contribution in [0, 0.1) is 27.7 Å². The molecule has 0 aromatic carbocycles. The third-order valence-electron chi connectivity index (χ3n) is 23.8. The first kappa shape index (κ1) is 90.0. The molecule has 11 rings (SSSR count). The molecule has 0 spiro atoms. The van der Waals surface area contributed by atoms with Gasteiger partial charge in [-0.2, -0.15) is 0 Å². The van der Waals surface area contributed by atoms with Crippen molar-refractivity contribution in [2.45, 2.75) is 225 Å². The topological polar surface area (TPSA) is 439 Å². The quantitative estimate of drug-likeness (QED) is 0.00599. The van der Waals surface area contributed by atoms with Crippen molar-refractivity contribution in [3.8, 4) is 0 Å². The number of ketones is 2. The van der Waals surface area contributed by atoms with Crippen LogP contribution in [0.25, 0.3) is 44.1 Å². The number of carbonyl (C=O) groups is 8. The fourth-order valence-electron chi connectivity index (χ4n) is 17.0. The van der Waals surface area contributed by atoms with Crippen molar-refractivity contribution in [3.05, 3.63) is 138 Å². The number of carbonyl (C=O) groups excluding carboxylic acids is 8. The molecule has 1 fully saturated rings. The van der Waals surface area contributed by atoms with Gasteiger partial charge in [0.05, 0.1) is 104 Å². The summed E-state index contributed by atoms with van der Waals surface area (Å²) in [5, 5.41) is 54.6. The number of Topliss-reactive ketones (excluding diaryl/α,β-unsaturated/α-hetero) is 2. The number of fused-ring (bicyclic) bond motifs is 16. The van der Waals surface area contributed by atoms with Crippen LogP contribution in [0.15, 0.2) is 41.4 Å². The number of methoxy groups -OCH3 is 4. The van der Waals surface area contributed by atoms with Crippen molar-refractivity contribution < 1.29 is 82.5 Å². The number of nitrogens with one attached hydrogen (secondary N) is 8. The second-order valence-electron chi connectivity index (χ2n) is 30.9. The molecule has 0 saturated carbocycles. The van der Waals surface area contributed by atoms with Crippen molar-refractivity contribution in [2.75, 3.05) is 61.2 Å². The number of thiocarbonyl (C=S) groups is 2. The average molecular weight is 1660 g/mol. The summed E-state index contributed by atoms with van der Waals surface area (Å²) in [5.41, 5.74) is 16.1. The molecule has 118 heavy (non-hydrogen) atoms. The zero-order chi connectivity index (χ0) is 86.0. The summed E-state index contributed by atoms with van der Waals surface area (Å²) in [6.45, 7) is 23.7. The van der Waals surface area contributed by atoms with Gasteiger partial charge in [-0.05, 0) is 163 Å². The number of aromatic amines is 4. The SMILES string of the molecule is CC[C@H]1c2cc3[nH]c(c(CC(=O)OC)c4nc(cc5[nH]c(cc(n2)[C@@H]1C)c(C(C)=O)c5C)[C@@H](C)[C@@H]4CCC(=O)OC)c(C(=O)NCCCN=C=S)c3C.CC[C@H]1c2cc3[nH]c(c(CC(=O)OC)c4nc(cc5[nH]c(cc(n2)[C@@H]1C)c(C(C)=O)c5C)[C@@H](C)[C@@H]4CCC(=O)OC)c(C(=O)NCCCNC(=S)NC1C(O)OC(CO)C(O)C1O)c3C. The maximum Gasteiger partial charge on any atom is 0.310 e. The van der Waals surface area contributed by atoms with Crippen LogP contribution in [0.3, 0.4) is 0 Å². The van der Waals surface area contributed by atoms with E-state index in [1.165, 1.54) is 35.4 Å². The number of aromatic nitrogens is 8. The molecule has 13 atom stereocenters. The van der Waals surface area contributed by atoms with E-state index >= 15 is 0 Å². The molecule has 16 bridgehead atoms. The van der Waals surface area contributed by atoms with Gasteiger partial charge in [0.25, 0.3) is 11.8 Å². The van der Waals surface area contributed by atoms with Gasteiger partial charge in [0.15, 0.2) is 23.0 Å². The van der Waals surface area contributed by atoms with Crippen LogP contribution >= 0.6 is 24.4 Å². The second-order valence-corrected chi connectivity index (χ2v) is 31.5. The fourth-order valence-corrected chi connectivity index (χ4v) is 17.3. The van der Waals surface area contributed by atoms with Gasteiger partial charge in [-0.1, -0.05) is 41.5 Å². The minimum atomic E-state index is -1.56. The van der Waals surface area contributed by atoms with E-state index in [1.54, 1.807) is 6.92 Å². The van der Waals surface area contributed by atoms with Gasteiger partial charge in [-0.3, -0.25) is 58.3 Å². The lowest BCUT2D eigenvalue weighted by Gasteiger charge is -2.40. The highest BCUT2D eigenvalue weighted by molar-refractivity contribution is 7.80. The van der Waals surface area contributed by atoms with Crippen LogP contribution in [-0.2, 0) is 55.7 Å². The molecule has 30 nitrogen and oxygen atoms in total. The Morgan fingerprint density at radius 2 is 0.881 bits per heavy atom. The maximum atomic E-state index is 14.5. The summed E-state index contributed by atoms with van der Waals surface area (Å²) in [4.78, 5) is 145. The van der Waals surface area contributed by atoms with E-state index in [-0.39, 0.29) is 114 Å². The molecule has 2 amide bonds. The van der Waals surface area contributed by atoms with Gasteiger partial charge in [0.1, 0.15) is 24.4 Å². The molecule has 6 aromatic rings. The Bertz CT molecular complexity index is 5290. The lowest BCUT2D eigenvalue weighted by molar-refractivity contribution is -0.252. The summed E-state index contributed by atoms with van der Waals surface area (Å²) in [5.74, 6) is -3.86. The van der Waals surface area contributed by atoms with Crippen molar-refractivity contribution in [1.29, 1.82) is 0 Å². The lowest BCUT2D eigenvalue weighted by Crippen LogP contribution is -2.65. The molecule has 1 saturated heterocycles. The first-order chi connectivity index (χ1) is 56.3. The normalized spacial score (nSPS) is 21.2. The predicted octanol–water partition coefficient (Wildman–Crippen LogP) is 10.6. The minimum absolute atomic E-state index is 0.00342. The zero-order valence-electron chi connectivity index (χ0n) is 69.7. The molecule has 6 aromatic heterocycles. The Morgan fingerprint density at radius 3 is 1.28 bits per heavy atom. The first-order valence-corrected chi connectivity index (χ1v) is 40.9. The predicted molar refractivity (Wildman–Crippen MR) is 451 cm³/mol. The number of aryl methyl sites for hydroxylation is 4. The first-order valence-electron chi connectivity index (χ1n) is 40.1. The van der Waals surface area contributed by atoms with Crippen molar-refractivity contribution >= 4 is 126 Å². The highest BCUT2D eigenvalue weighted by Gasteiger charge is 2.45. The standard InChI is InChI=1S/C46H61N7O11S.C40H48N6O6S/c1-9-25-20(2)28-18-33-37(24(6)55)22(4)30(50-33)16-29-21(3)26(11-12-35(56)62-7)39(51-29)27(15-36(57)63-8)40-38(23(5)31(52-40)17-32(25)49-28)44(60)47-13-10-14-48-46(65)53-41-43(59)42(58)34(19-54)64-45(41)61;1-9-25-20(2)28-18-33-36(24(6)47)22(4)30(44-33)16-29-21(3)26(11-12-34(48)51-7)38(45-29)27(15-35(49)52-8)39-37(40(50)42-14-10-13-41-19-53)23(5)31(46-39)17-32(25)43-28/h16-18,20-21,25-26,34,41-43,45,50,52,54,58-59,61H,9-15,19H2,1-8H3,(H,47,60)(H2,48,53,65);16-18,20-21,25-26,44,46H,9-15H2,1-8H3,(H,42,50)/t20-,21+,25-,26+,34?,41?,42?,43?,45?;20-,21+,25-,26+/m11/s1. The van der Waals surface area contributed by atoms with E-state index in [1.807, 2.05) is 77.9 Å². The smallest absolute Gasteiger partial charge is 0.310 e. The van der Waals surface area contributed by atoms with E-state index in [4.69, 9.17) is 55.8 Å². The molecule has 5 aliphatic rings. The Hall–Kier alpha value is -10.3. The number of rotatable bonds is 26. The molecule has 12 N–H and O–H groups in total. The van der Waals surface area contributed by atoms with Crippen LogP contribution in [0.5, 0.6) is 0 Å². The molecular weight excluding hydrogens is 1550 g/mol. The monoisotopic (exact) mass is 1660 g/mol. The Balaban J connectivity index is 0.000000254. The molecular formula is C86H109N13O17S2. The van der Waals surface area contributed by atoms with Gasteiger partial charge in [-0.25, -0.2) is 4.99 Å². The van der Waals surface area contributed by atoms with Crippen LogP contribution < -0.4 is 21.3 Å². The zero-order valence-corrected chi connectivity index (χ0v) is 71.4. The third-order valence-corrected chi connectivity index (χ3v) is 24.2. The summed E-state index contributed by atoms with van der Waals surface area (Å²) in [7, 11) is 5.28. The number of hydrogen-bond donors (Lipinski definition) is 12. The number of aliphatic imine (C=N–C) groups is 1. The van der Waals surface area contributed by atoms with Gasteiger partial charge < -0.3 is 85.3 Å². The van der Waals surface area contributed by atoms with E-state index in [0.717, 1.165) is 52.3 Å². The van der Waals surface area contributed by atoms with Gasteiger partial charge >= 0.3 is 23.9 Å². The Labute approximate surface area is 695 Å². The largest absolute Gasteiger partial charge is 0.469 e. The molecule has 5 aliphatic heterocycles. The highest BCUT2D eigenvalue weighted by Crippen LogP contribution is 2.47. The molecule has 632 valence electrons. The van der Waals surface area contributed by atoms with Crippen LogP contribution in [-0.4, -0.2) is 210 Å². The Kier molecular flexibility index (Phi) is 30.1. The van der Waals surface area contributed by atoms with Gasteiger partial charge in [0.2, 0.25) is 0 Å². The summed E-state index contributed by atoms with van der Waals surface area (Å²) < 4.78 is 25.6. The van der Waals surface area contributed by atoms with Crippen molar-refractivity contribution in [1.82, 2.24) is 61.1 Å². The number of aliphatic hydroxyl groups is 4. The van der Waals surface area contributed by atoms with Crippen molar-refractivity contribution in [2.24, 2.45) is 4.99 Å². The molecule has 11 heterocycles. The Morgan fingerprint density at radius 1 is 0.508 bits per heavy atom. The van der Waals surface area contributed by atoms with E-state index < -0.39 is 67.0 Å². The van der Waals surface area contributed by atoms with Crippen molar-refractivity contribution in [3.63, 3.8) is 0 Å². The number of aliphatic hydroxyl groups excluding tert-OH is 4. The van der Waals surface area contributed by atoms with E-state index in [0.29, 0.717) is 139 Å². The number of esters is 4. The van der Waals surface area contributed by atoms with E-state index in [2.05, 4.69) is 91.3 Å². The molecule has 0 radical (unpaired) electrons. The second kappa shape index (κ2) is 39.5. The third kappa shape index (κ3) is 19.3. The number of isothiocyanates is 1. The number of ether oxygens (including phenoxy) is 5. The van der Waals surface area contributed by atoms with Crippen LogP contribution in [0.4, 0.5) is 0 Å². The highest BCUT2D eigenvalue weighted by atomic mass is 32.1. The van der Waals surface area contributed by atoms with E-state index in [9.17, 15) is 58.8 Å². The number of hydrogen-bond acceptors (Lipinski definition) is 24. The fraction of sp³-hybridized carbons (Fsp3) is 0.512. The minimum Gasteiger partial charge on any atom is -0.469 e. The average Bonchev–Trinajstić information content (AvgIpc) is 1.60. The van der Waals surface area contributed by atoms with Gasteiger partial charge in [-0.15, -0.1) is 0 Å². The number of amides is 2. The number of H-pyrrole nitrogens is 4. The summed E-state index contributed by atoms with van der Waals surface area (Å²) in [6.07, 6.45) is -2.69. The van der Waals surface area contributed by atoms with Gasteiger partial charge in [0, 0.05) is 158 Å². The summed E-state index contributed by atoms with van der Waals surface area (Å²) in [6, 6.07) is 10.5. The summed E-state index contributed by atoms with van der Waals surface area (Å²) >= 11 is 10.0. The molecule has 0 aliphatic carbocycles. The van der Waals surface area contributed by atoms with Crippen LogP contribution in [0.2, 0.25) is 0 Å². The molecule has 32 heteroatoms. The molecule has 5 unspecified atom stereocenters. The van der Waals surface area contributed by atoms with Crippen LogP contribution in [0.1, 0.15) is 274 Å². The maximum absolute atomic E-state index is 14.5.